The van der Waals surface area contributed by atoms with E-state index in [-0.39, 0.29) is 5.60 Å². The molecule has 0 saturated carbocycles. The molecule has 1 spiro atoms. The summed E-state index contributed by atoms with van der Waals surface area (Å²) in [5.41, 5.74) is 3.19. The van der Waals surface area contributed by atoms with E-state index in [1.165, 1.54) is 5.56 Å². The van der Waals surface area contributed by atoms with Crippen LogP contribution in [0.2, 0.25) is 0 Å². The molecule has 150 valence electrons. The van der Waals surface area contributed by atoms with Crippen molar-refractivity contribution in [2.75, 3.05) is 31.2 Å². The van der Waals surface area contributed by atoms with Crippen molar-refractivity contribution < 1.29 is 13.2 Å². The monoisotopic (exact) mass is 401 g/mol. The van der Waals surface area contributed by atoms with Crippen LogP contribution in [0.5, 0.6) is 0 Å². The minimum Gasteiger partial charge on any atom is -0.368 e. The Morgan fingerprint density at radius 3 is 2.50 bits per heavy atom. The third-order valence-corrected chi connectivity index (χ3v) is 8.35. The Bertz CT molecular complexity index is 933. The number of piperidine rings is 1. The second-order valence-electron chi connectivity index (χ2n) is 8.29. The fraction of sp³-hybridized carbons (Fsp3) is 0.571. The van der Waals surface area contributed by atoms with Crippen molar-refractivity contribution in [3.8, 4) is 5.69 Å². The van der Waals surface area contributed by atoms with Crippen LogP contribution in [0.1, 0.15) is 36.9 Å². The average Bonchev–Trinajstić information content (AvgIpc) is 3.16. The molecule has 0 aliphatic carbocycles. The molecule has 2 saturated heterocycles. The summed E-state index contributed by atoms with van der Waals surface area (Å²) in [7, 11) is -2.81. The van der Waals surface area contributed by atoms with E-state index in [1.54, 1.807) is 0 Å². The first-order chi connectivity index (χ1) is 13.5. The molecule has 1 aromatic heterocycles. The molecule has 3 aliphatic heterocycles. The largest absolute Gasteiger partial charge is 0.368 e. The van der Waals surface area contributed by atoms with Crippen molar-refractivity contribution in [1.82, 2.24) is 14.7 Å². The summed E-state index contributed by atoms with van der Waals surface area (Å²) >= 11 is 0. The summed E-state index contributed by atoms with van der Waals surface area (Å²) in [4.78, 5) is 2.48. The summed E-state index contributed by atoms with van der Waals surface area (Å²) < 4.78 is 31.8. The Kier molecular flexibility index (Phi) is 4.56. The van der Waals surface area contributed by atoms with E-state index in [1.807, 2.05) is 22.9 Å². The lowest BCUT2D eigenvalue weighted by atomic mass is 9.83. The van der Waals surface area contributed by atoms with Crippen LogP contribution in [0.25, 0.3) is 5.69 Å². The van der Waals surface area contributed by atoms with Crippen LogP contribution in [0, 0.1) is 0 Å². The smallest absolute Gasteiger partial charge is 0.150 e. The zero-order chi connectivity index (χ0) is 19.2. The molecular formula is C21H27N3O3S. The average molecular weight is 402 g/mol. The lowest BCUT2D eigenvalue weighted by Gasteiger charge is -2.45. The lowest BCUT2D eigenvalue weighted by molar-refractivity contribution is -0.106. The van der Waals surface area contributed by atoms with Gasteiger partial charge in [0.1, 0.15) is 15.4 Å². The number of rotatable bonds is 2. The van der Waals surface area contributed by atoms with Crippen molar-refractivity contribution in [3.63, 3.8) is 0 Å². The summed E-state index contributed by atoms with van der Waals surface area (Å²) in [6, 6.07) is 10.6. The molecule has 0 N–H and O–H groups in total. The Morgan fingerprint density at radius 1 is 1.07 bits per heavy atom. The predicted octanol–water partition coefficient (Wildman–Crippen LogP) is 2.31. The molecule has 3 aliphatic rings. The summed E-state index contributed by atoms with van der Waals surface area (Å²) in [6.45, 7) is 2.64. The minimum absolute atomic E-state index is 0.287. The number of benzene rings is 1. The van der Waals surface area contributed by atoms with Crippen molar-refractivity contribution >= 4 is 9.84 Å². The number of fused-ring (bicyclic) bond motifs is 2. The van der Waals surface area contributed by atoms with Crippen LogP contribution in [0.15, 0.2) is 36.5 Å². The molecule has 5 rings (SSSR count). The van der Waals surface area contributed by atoms with Gasteiger partial charge in [0.15, 0.2) is 0 Å². The number of aromatic nitrogens is 2. The second-order valence-corrected chi connectivity index (χ2v) is 10.6. The van der Waals surface area contributed by atoms with Crippen molar-refractivity contribution in [2.24, 2.45) is 0 Å². The molecule has 1 aromatic carbocycles. The van der Waals surface area contributed by atoms with Crippen LogP contribution in [-0.2, 0) is 26.6 Å². The highest BCUT2D eigenvalue weighted by Gasteiger charge is 2.44. The number of para-hydroxylation sites is 1. The van der Waals surface area contributed by atoms with E-state index in [9.17, 15) is 8.42 Å². The Balaban J connectivity index is 1.34. The van der Waals surface area contributed by atoms with Gasteiger partial charge in [-0.25, -0.2) is 13.1 Å². The first-order valence-electron chi connectivity index (χ1n) is 10.3. The lowest BCUT2D eigenvalue weighted by Crippen LogP contribution is -2.51. The first-order valence-corrected chi connectivity index (χ1v) is 12.1. The standard InChI is InChI=1S/C21H27N3O3S/c25-28(26)14-7-18(8-15-28)23-11-9-21(10-12-23)20-17(6-13-27-21)16-24(22-20)19-4-2-1-3-5-19/h1-5,16,18H,6-15H2. The van der Waals surface area contributed by atoms with Gasteiger partial charge in [-0.1, -0.05) is 18.2 Å². The van der Waals surface area contributed by atoms with Crippen molar-refractivity contribution in [3.05, 3.63) is 47.8 Å². The van der Waals surface area contributed by atoms with E-state index >= 15 is 0 Å². The molecule has 0 bridgehead atoms. The van der Waals surface area contributed by atoms with E-state index in [4.69, 9.17) is 9.84 Å². The molecule has 0 amide bonds. The normalized spacial score (nSPS) is 24.9. The van der Waals surface area contributed by atoms with Gasteiger partial charge >= 0.3 is 0 Å². The quantitative estimate of drug-likeness (QED) is 0.773. The van der Waals surface area contributed by atoms with Gasteiger partial charge in [-0.3, -0.25) is 0 Å². The third-order valence-electron chi connectivity index (χ3n) is 6.64. The van der Waals surface area contributed by atoms with Gasteiger partial charge in [0.05, 0.1) is 29.5 Å². The number of likely N-dealkylation sites (tertiary alicyclic amines) is 1. The fourth-order valence-corrected chi connectivity index (χ4v) is 6.45. The van der Waals surface area contributed by atoms with Gasteiger partial charge in [-0.2, -0.15) is 5.10 Å². The van der Waals surface area contributed by atoms with E-state index < -0.39 is 9.84 Å². The van der Waals surface area contributed by atoms with Crippen molar-refractivity contribution in [2.45, 2.75) is 43.7 Å². The summed E-state index contributed by atoms with van der Waals surface area (Å²) in [5, 5.41) is 4.95. The van der Waals surface area contributed by atoms with Crippen LogP contribution < -0.4 is 0 Å². The SMILES string of the molecule is O=S1(=O)CCC(N2CCC3(CC2)OCCc2cn(-c4ccccc4)nc23)CC1. The molecule has 2 fully saturated rings. The van der Waals surface area contributed by atoms with Gasteiger partial charge in [-0.15, -0.1) is 0 Å². The maximum Gasteiger partial charge on any atom is 0.150 e. The molecule has 2 aromatic rings. The Morgan fingerprint density at radius 2 is 1.79 bits per heavy atom. The first kappa shape index (κ1) is 18.3. The number of hydrogen-bond acceptors (Lipinski definition) is 5. The van der Waals surface area contributed by atoms with Gasteiger partial charge in [0.25, 0.3) is 0 Å². The molecule has 0 radical (unpaired) electrons. The zero-order valence-electron chi connectivity index (χ0n) is 16.1. The van der Waals surface area contributed by atoms with Crippen molar-refractivity contribution in [1.29, 1.82) is 0 Å². The third kappa shape index (κ3) is 3.29. The highest BCUT2D eigenvalue weighted by Crippen LogP contribution is 2.41. The van der Waals surface area contributed by atoms with Gasteiger partial charge in [0.2, 0.25) is 0 Å². The highest BCUT2D eigenvalue weighted by atomic mass is 32.2. The molecule has 7 heteroatoms. The molecule has 0 atom stereocenters. The second kappa shape index (κ2) is 6.97. The Labute approximate surface area is 166 Å². The Hall–Kier alpha value is -1.70. The summed E-state index contributed by atoms with van der Waals surface area (Å²) in [5.74, 6) is 0.670. The number of sulfone groups is 1. The van der Waals surface area contributed by atoms with E-state index in [0.717, 1.165) is 63.2 Å². The number of nitrogens with zero attached hydrogens (tertiary/aromatic N) is 3. The highest BCUT2D eigenvalue weighted by molar-refractivity contribution is 7.91. The molecule has 28 heavy (non-hydrogen) atoms. The molecule has 0 unspecified atom stereocenters. The molecular weight excluding hydrogens is 374 g/mol. The fourth-order valence-electron chi connectivity index (χ4n) is 4.99. The van der Waals surface area contributed by atoms with E-state index in [0.29, 0.717) is 17.5 Å². The topological polar surface area (TPSA) is 64.4 Å². The number of hydrogen-bond donors (Lipinski definition) is 0. The summed E-state index contributed by atoms with van der Waals surface area (Å²) in [6.07, 6.45) is 6.46. The van der Waals surface area contributed by atoms with Gasteiger partial charge in [-0.05, 0) is 49.8 Å². The van der Waals surface area contributed by atoms with Crippen LogP contribution >= 0.6 is 0 Å². The van der Waals surface area contributed by atoms with E-state index in [2.05, 4.69) is 23.2 Å². The van der Waals surface area contributed by atoms with Crippen LogP contribution in [0.4, 0.5) is 0 Å². The minimum atomic E-state index is -2.81. The van der Waals surface area contributed by atoms with Gasteiger partial charge in [0, 0.05) is 25.3 Å². The molecule has 6 nitrogen and oxygen atoms in total. The molecule has 4 heterocycles. The van der Waals surface area contributed by atoms with Gasteiger partial charge < -0.3 is 9.64 Å². The maximum atomic E-state index is 11.7. The predicted molar refractivity (Wildman–Crippen MR) is 107 cm³/mol. The van der Waals surface area contributed by atoms with Crippen LogP contribution in [0.3, 0.4) is 0 Å². The zero-order valence-corrected chi connectivity index (χ0v) is 16.9. The van der Waals surface area contributed by atoms with Crippen LogP contribution in [-0.4, -0.2) is 60.3 Å². The number of ether oxygens (including phenoxy) is 1. The maximum absolute atomic E-state index is 11.7.